The van der Waals surface area contributed by atoms with E-state index in [1.165, 1.54) is 29.2 Å². The van der Waals surface area contributed by atoms with Crippen molar-refractivity contribution >= 4 is 56.2 Å². The van der Waals surface area contributed by atoms with Crippen molar-refractivity contribution in [2.24, 2.45) is 5.14 Å². The van der Waals surface area contributed by atoms with E-state index in [0.717, 1.165) is 17.3 Å². The van der Waals surface area contributed by atoms with Crippen molar-refractivity contribution in [2.75, 3.05) is 16.8 Å². The van der Waals surface area contributed by atoms with E-state index in [-0.39, 0.29) is 27.5 Å². The van der Waals surface area contributed by atoms with Gasteiger partial charge in [-0.2, -0.15) is 0 Å². The molecule has 1 heterocycles. The van der Waals surface area contributed by atoms with Crippen LogP contribution in [0.2, 0.25) is 0 Å². The van der Waals surface area contributed by atoms with Crippen LogP contribution in [-0.2, 0) is 19.6 Å². The number of nitrogens with two attached hydrogens (primary N) is 1. The van der Waals surface area contributed by atoms with Crippen molar-refractivity contribution in [3.63, 3.8) is 0 Å². The summed E-state index contributed by atoms with van der Waals surface area (Å²) in [5.74, 6) is -0.372. The summed E-state index contributed by atoms with van der Waals surface area (Å²) in [6.07, 6.45) is 1.59. The highest BCUT2D eigenvalue weighted by Crippen LogP contribution is 2.36. The Labute approximate surface area is 212 Å². The predicted octanol–water partition coefficient (Wildman–Crippen LogP) is 3.72. The Morgan fingerprint density at radius 3 is 2.42 bits per heavy atom. The third-order valence-electron chi connectivity index (χ3n) is 5.15. The van der Waals surface area contributed by atoms with Gasteiger partial charge in [-0.05, 0) is 67.2 Å². The van der Waals surface area contributed by atoms with Crippen LogP contribution in [0.15, 0.2) is 82.6 Å². The van der Waals surface area contributed by atoms with Crippen molar-refractivity contribution in [3.8, 4) is 5.75 Å². The molecule has 1 aliphatic rings. The first kappa shape index (κ1) is 25.2. The third kappa shape index (κ3) is 5.82. The molecule has 1 fully saturated rings. The van der Waals surface area contributed by atoms with Crippen LogP contribution >= 0.6 is 11.8 Å². The van der Waals surface area contributed by atoms with Gasteiger partial charge in [-0.15, -0.1) is 0 Å². The number of ether oxygens (including phenoxy) is 1. The molecule has 9 nitrogen and oxygen atoms in total. The molecule has 3 aromatic carbocycles. The van der Waals surface area contributed by atoms with Gasteiger partial charge in [-0.1, -0.05) is 35.9 Å². The summed E-state index contributed by atoms with van der Waals surface area (Å²) >= 11 is 0.960. The van der Waals surface area contributed by atoms with Gasteiger partial charge in [0.15, 0.2) is 11.8 Å². The molecule has 184 valence electrons. The van der Waals surface area contributed by atoms with E-state index >= 15 is 0 Å². The monoisotopic (exact) mass is 522 g/mol. The van der Waals surface area contributed by atoms with Crippen molar-refractivity contribution in [1.29, 1.82) is 5.41 Å². The maximum atomic E-state index is 13.1. The van der Waals surface area contributed by atoms with E-state index in [4.69, 9.17) is 15.3 Å². The molecule has 11 heteroatoms. The van der Waals surface area contributed by atoms with Crippen LogP contribution in [0.4, 0.5) is 11.4 Å². The fourth-order valence-electron chi connectivity index (χ4n) is 3.36. The van der Waals surface area contributed by atoms with Crippen LogP contribution in [0, 0.1) is 12.3 Å². The topological polar surface area (TPSA) is 143 Å². The van der Waals surface area contributed by atoms with Crippen LogP contribution in [0.1, 0.15) is 11.1 Å². The van der Waals surface area contributed by atoms with E-state index in [1.54, 1.807) is 42.5 Å². The van der Waals surface area contributed by atoms with Gasteiger partial charge >= 0.3 is 0 Å². The lowest BCUT2D eigenvalue weighted by Crippen LogP contribution is -2.28. The molecule has 2 amide bonds. The van der Waals surface area contributed by atoms with Gasteiger partial charge in [0.1, 0.15) is 5.75 Å². The number of carbonyl (C=O) groups excluding carboxylic acids is 2. The third-order valence-corrected chi connectivity index (χ3v) is 6.96. The largest absolute Gasteiger partial charge is 0.483 e. The van der Waals surface area contributed by atoms with Gasteiger partial charge in [-0.25, -0.2) is 13.6 Å². The number of rotatable bonds is 7. The molecule has 0 unspecified atom stereocenters. The quantitative estimate of drug-likeness (QED) is 0.404. The molecule has 1 aliphatic heterocycles. The average molecular weight is 523 g/mol. The second kappa shape index (κ2) is 10.4. The van der Waals surface area contributed by atoms with E-state index in [9.17, 15) is 18.0 Å². The molecule has 0 spiro atoms. The van der Waals surface area contributed by atoms with Crippen LogP contribution in [0.25, 0.3) is 6.08 Å². The highest BCUT2D eigenvalue weighted by atomic mass is 32.2. The fourth-order valence-corrected chi connectivity index (χ4v) is 4.72. The maximum absolute atomic E-state index is 13.1. The van der Waals surface area contributed by atoms with E-state index in [2.05, 4.69) is 5.32 Å². The summed E-state index contributed by atoms with van der Waals surface area (Å²) in [7, 11) is -3.87. The van der Waals surface area contributed by atoms with Crippen LogP contribution in [-0.4, -0.2) is 32.0 Å². The number of nitrogens with zero attached hydrogens (tertiary/aromatic N) is 1. The minimum Gasteiger partial charge on any atom is -0.483 e. The van der Waals surface area contributed by atoms with Gasteiger partial charge in [0, 0.05) is 11.3 Å². The normalized spacial score (nSPS) is 14.8. The molecule has 0 radical (unpaired) electrons. The molecular weight excluding hydrogens is 500 g/mol. The summed E-state index contributed by atoms with van der Waals surface area (Å²) in [5.41, 5.74) is 2.65. The number of aryl methyl sites for hydroxylation is 1. The second-order valence-corrected chi connectivity index (χ2v) is 10.4. The lowest BCUT2D eigenvalue weighted by molar-refractivity contribution is -0.118. The number of hydrogen-bond donors (Lipinski definition) is 3. The lowest BCUT2D eigenvalue weighted by atomic mass is 10.2. The van der Waals surface area contributed by atoms with Crippen LogP contribution in [0.3, 0.4) is 0 Å². The summed E-state index contributed by atoms with van der Waals surface area (Å²) in [4.78, 5) is 26.7. The first-order valence-corrected chi connectivity index (χ1v) is 13.0. The number of nitrogens with one attached hydrogen (secondary N) is 2. The van der Waals surface area contributed by atoms with Gasteiger partial charge in [0.25, 0.3) is 11.8 Å². The summed E-state index contributed by atoms with van der Waals surface area (Å²) < 4.78 is 28.7. The average Bonchev–Trinajstić information content (AvgIpc) is 3.12. The van der Waals surface area contributed by atoms with E-state index in [1.807, 2.05) is 19.1 Å². The van der Waals surface area contributed by atoms with Crippen molar-refractivity contribution in [1.82, 2.24) is 0 Å². The first-order valence-electron chi connectivity index (χ1n) is 10.7. The second-order valence-electron chi connectivity index (χ2n) is 7.84. The summed E-state index contributed by atoms with van der Waals surface area (Å²) in [5, 5.41) is 16.1. The highest BCUT2D eigenvalue weighted by molar-refractivity contribution is 8.19. The SMILES string of the molecule is Cc1ccc(NC(=O)COc2ccccc2/C=C2\SC(=N)N(c3ccc(S(N)(=O)=O)cc3)C2=O)cc1. The molecular formula is C25H22N4O5S2. The number of primary sulfonamides is 1. The molecule has 0 aliphatic carbocycles. The Balaban J connectivity index is 1.48. The number of carbonyl (C=O) groups is 2. The Bertz CT molecular complexity index is 1470. The van der Waals surface area contributed by atoms with Gasteiger partial charge < -0.3 is 10.1 Å². The number of sulfonamides is 1. The molecule has 4 rings (SSSR count). The Morgan fingerprint density at radius 2 is 1.75 bits per heavy atom. The number of thioether (sulfide) groups is 1. The Morgan fingerprint density at radius 1 is 1.08 bits per heavy atom. The molecule has 0 aromatic heterocycles. The molecule has 4 N–H and O–H groups in total. The molecule has 0 bridgehead atoms. The number of amides is 2. The standard InChI is InChI=1S/C25H22N4O5S2/c1-16-6-8-18(9-7-16)28-23(30)15-34-21-5-3-2-4-17(21)14-22-24(31)29(25(26)35-22)19-10-12-20(13-11-19)36(27,32)33/h2-14,26H,15H2,1H3,(H,28,30)(H2,27,32,33)/b22-14-,26-25?. The number of para-hydroxylation sites is 1. The minimum absolute atomic E-state index is 0.0366. The lowest BCUT2D eigenvalue weighted by Gasteiger charge is -2.14. The van der Waals surface area contributed by atoms with E-state index < -0.39 is 15.9 Å². The Kier molecular flexibility index (Phi) is 7.25. The van der Waals surface area contributed by atoms with Crippen LogP contribution in [0.5, 0.6) is 5.75 Å². The fraction of sp³-hybridized carbons (Fsp3) is 0.0800. The molecule has 0 atom stereocenters. The zero-order valence-electron chi connectivity index (χ0n) is 19.1. The zero-order chi connectivity index (χ0) is 25.9. The number of hydrogen-bond acceptors (Lipinski definition) is 7. The summed E-state index contributed by atoms with van der Waals surface area (Å²) in [6, 6.07) is 19.7. The molecule has 36 heavy (non-hydrogen) atoms. The minimum atomic E-state index is -3.87. The van der Waals surface area contributed by atoms with Crippen molar-refractivity contribution in [3.05, 3.63) is 88.8 Å². The smallest absolute Gasteiger partial charge is 0.271 e. The predicted molar refractivity (Wildman–Crippen MR) is 140 cm³/mol. The van der Waals surface area contributed by atoms with Gasteiger partial charge in [0.05, 0.1) is 15.5 Å². The van der Waals surface area contributed by atoms with Crippen LogP contribution < -0.4 is 20.1 Å². The van der Waals surface area contributed by atoms with Crippen molar-refractivity contribution < 1.29 is 22.7 Å². The molecule has 1 saturated heterocycles. The van der Waals surface area contributed by atoms with Gasteiger partial charge in [-0.3, -0.25) is 19.9 Å². The van der Waals surface area contributed by atoms with Crippen molar-refractivity contribution in [2.45, 2.75) is 11.8 Å². The molecule has 0 saturated carbocycles. The van der Waals surface area contributed by atoms with E-state index in [0.29, 0.717) is 22.7 Å². The van der Waals surface area contributed by atoms with Gasteiger partial charge in [0.2, 0.25) is 10.0 Å². The highest BCUT2D eigenvalue weighted by Gasteiger charge is 2.34. The Hall–Kier alpha value is -3.93. The molecule has 3 aromatic rings. The maximum Gasteiger partial charge on any atom is 0.271 e. The first-order chi connectivity index (χ1) is 17.1. The summed E-state index contributed by atoms with van der Waals surface area (Å²) in [6.45, 7) is 1.73. The zero-order valence-corrected chi connectivity index (χ0v) is 20.7. The number of benzene rings is 3. The number of anilines is 2. The number of amidine groups is 1.